The first kappa shape index (κ1) is 18.5. The molecule has 4 amide bonds. The third kappa shape index (κ3) is 3.24. The number of aryl methyl sites for hydroxylation is 2. The predicted octanol–water partition coefficient (Wildman–Crippen LogP) is 3.07. The standard InChI is InChI=1S/C21H20ClN3O3/c1-13-6-7-16(10-17(13)22)23-18(26)12-25-19(27)21(24-20(25)28)9-8-14-4-2-3-5-15(14)11-21/h2-7,10H,8-9,11-12H2,1H3,(H,23,26)(H,24,28). The second kappa shape index (κ2) is 6.95. The van der Waals surface area contributed by atoms with Crippen molar-refractivity contribution in [2.75, 3.05) is 11.9 Å². The van der Waals surface area contributed by atoms with Gasteiger partial charge in [0.05, 0.1) is 0 Å². The molecule has 6 nitrogen and oxygen atoms in total. The predicted molar refractivity (Wildman–Crippen MR) is 106 cm³/mol. The molecule has 2 aromatic rings. The van der Waals surface area contributed by atoms with Gasteiger partial charge in [-0.2, -0.15) is 0 Å². The Kier molecular flexibility index (Phi) is 4.59. The minimum Gasteiger partial charge on any atom is -0.324 e. The molecule has 0 saturated carbocycles. The molecule has 0 radical (unpaired) electrons. The number of amides is 4. The Morgan fingerprint density at radius 1 is 1.21 bits per heavy atom. The summed E-state index contributed by atoms with van der Waals surface area (Å²) in [6.45, 7) is 1.53. The largest absolute Gasteiger partial charge is 0.325 e. The summed E-state index contributed by atoms with van der Waals surface area (Å²) in [5.74, 6) is -0.791. The number of rotatable bonds is 3. The van der Waals surface area contributed by atoms with Crippen molar-refractivity contribution in [1.82, 2.24) is 10.2 Å². The summed E-state index contributed by atoms with van der Waals surface area (Å²) in [4.78, 5) is 38.9. The zero-order chi connectivity index (χ0) is 19.9. The van der Waals surface area contributed by atoms with Gasteiger partial charge < -0.3 is 10.6 Å². The first-order chi connectivity index (χ1) is 13.4. The minimum absolute atomic E-state index is 0.334. The second-order valence-corrected chi connectivity index (χ2v) is 7.77. The van der Waals surface area contributed by atoms with Crippen LogP contribution < -0.4 is 10.6 Å². The molecule has 1 saturated heterocycles. The maximum absolute atomic E-state index is 13.0. The SMILES string of the molecule is Cc1ccc(NC(=O)CN2C(=O)NC3(CCc4ccccc4C3)C2=O)cc1Cl. The van der Waals surface area contributed by atoms with Gasteiger partial charge in [0, 0.05) is 17.1 Å². The van der Waals surface area contributed by atoms with Crippen LogP contribution in [-0.2, 0) is 22.4 Å². The second-order valence-electron chi connectivity index (χ2n) is 7.36. The molecule has 144 valence electrons. The van der Waals surface area contributed by atoms with Gasteiger partial charge in [-0.05, 0) is 48.6 Å². The highest BCUT2D eigenvalue weighted by Gasteiger charge is 2.52. The first-order valence-corrected chi connectivity index (χ1v) is 9.53. The average molecular weight is 398 g/mol. The summed E-state index contributed by atoms with van der Waals surface area (Å²) in [6.07, 6.45) is 1.68. The molecule has 28 heavy (non-hydrogen) atoms. The Morgan fingerprint density at radius 2 is 1.96 bits per heavy atom. The van der Waals surface area contributed by atoms with Gasteiger partial charge in [0.1, 0.15) is 12.1 Å². The van der Waals surface area contributed by atoms with Gasteiger partial charge in [-0.25, -0.2) is 4.79 Å². The van der Waals surface area contributed by atoms with Crippen molar-refractivity contribution in [3.63, 3.8) is 0 Å². The lowest BCUT2D eigenvalue weighted by Crippen LogP contribution is -2.51. The number of carbonyl (C=O) groups excluding carboxylic acids is 3. The van der Waals surface area contributed by atoms with E-state index in [-0.39, 0.29) is 12.5 Å². The Morgan fingerprint density at radius 3 is 2.71 bits per heavy atom. The van der Waals surface area contributed by atoms with Crippen molar-refractivity contribution < 1.29 is 14.4 Å². The highest BCUT2D eigenvalue weighted by atomic mass is 35.5. The number of hydrogen-bond donors (Lipinski definition) is 2. The molecular formula is C21H20ClN3O3. The third-order valence-corrected chi connectivity index (χ3v) is 5.84. The summed E-state index contributed by atoms with van der Waals surface area (Å²) in [7, 11) is 0. The van der Waals surface area contributed by atoms with Crippen LogP contribution in [0.4, 0.5) is 10.5 Å². The van der Waals surface area contributed by atoms with Crippen LogP contribution in [-0.4, -0.2) is 34.8 Å². The van der Waals surface area contributed by atoms with E-state index in [9.17, 15) is 14.4 Å². The van der Waals surface area contributed by atoms with Crippen LogP contribution in [0.3, 0.4) is 0 Å². The maximum Gasteiger partial charge on any atom is 0.325 e. The van der Waals surface area contributed by atoms with Crippen LogP contribution in [0, 0.1) is 6.92 Å². The zero-order valence-electron chi connectivity index (χ0n) is 15.4. The quantitative estimate of drug-likeness (QED) is 0.781. The Hall–Kier alpha value is -2.86. The number of halogens is 1. The lowest BCUT2D eigenvalue weighted by Gasteiger charge is -2.32. The Labute approximate surface area is 167 Å². The van der Waals surface area contributed by atoms with Crippen LogP contribution in [0.25, 0.3) is 0 Å². The van der Waals surface area contributed by atoms with Crippen molar-refractivity contribution in [2.45, 2.75) is 31.7 Å². The monoisotopic (exact) mass is 397 g/mol. The number of hydrogen-bond acceptors (Lipinski definition) is 3. The van der Waals surface area contributed by atoms with E-state index in [2.05, 4.69) is 10.6 Å². The van der Waals surface area contributed by atoms with Crippen molar-refractivity contribution in [3.8, 4) is 0 Å². The molecule has 1 fully saturated rings. The van der Waals surface area contributed by atoms with Crippen LogP contribution in [0.15, 0.2) is 42.5 Å². The van der Waals surface area contributed by atoms with E-state index in [0.29, 0.717) is 30.0 Å². The fraction of sp³-hybridized carbons (Fsp3) is 0.286. The van der Waals surface area contributed by atoms with E-state index < -0.39 is 17.5 Å². The molecule has 2 aromatic carbocycles. The molecule has 1 aliphatic carbocycles. The van der Waals surface area contributed by atoms with Crippen LogP contribution in [0.5, 0.6) is 0 Å². The molecule has 0 aromatic heterocycles. The van der Waals surface area contributed by atoms with Crippen molar-refractivity contribution >= 4 is 35.1 Å². The highest BCUT2D eigenvalue weighted by molar-refractivity contribution is 6.31. The molecule has 4 rings (SSSR count). The van der Waals surface area contributed by atoms with Gasteiger partial charge >= 0.3 is 6.03 Å². The molecule has 2 aliphatic rings. The Balaban J connectivity index is 1.47. The van der Waals surface area contributed by atoms with Gasteiger partial charge in [-0.3, -0.25) is 14.5 Å². The van der Waals surface area contributed by atoms with E-state index in [1.165, 1.54) is 5.56 Å². The molecule has 1 atom stereocenters. The summed E-state index contributed by atoms with van der Waals surface area (Å²) in [6, 6.07) is 12.6. The van der Waals surface area contributed by atoms with Gasteiger partial charge in [0.15, 0.2) is 0 Å². The summed E-state index contributed by atoms with van der Waals surface area (Å²) >= 11 is 6.07. The normalized spacial score (nSPS) is 20.9. The van der Waals surface area contributed by atoms with Crippen molar-refractivity contribution in [3.05, 3.63) is 64.2 Å². The van der Waals surface area contributed by atoms with Gasteiger partial charge in [-0.15, -0.1) is 0 Å². The number of nitrogens with zero attached hydrogens (tertiary/aromatic N) is 1. The van der Waals surface area contributed by atoms with E-state index in [1.807, 2.05) is 31.2 Å². The number of benzene rings is 2. The number of nitrogens with one attached hydrogen (secondary N) is 2. The fourth-order valence-electron chi connectivity index (χ4n) is 3.86. The van der Waals surface area contributed by atoms with Gasteiger partial charge in [0.25, 0.3) is 5.91 Å². The van der Waals surface area contributed by atoms with Crippen molar-refractivity contribution in [1.29, 1.82) is 0 Å². The highest BCUT2D eigenvalue weighted by Crippen LogP contribution is 2.33. The smallest absolute Gasteiger partial charge is 0.324 e. The zero-order valence-corrected chi connectivity index (χ0v) is 16.2. The lowest BCUT2D eigenvalue weighted by atomic mass is 9.78. The van der Waals surface area contributed by atoms with Gasteiger partial charge in [-0.1, -0.05) is 41.9 Å². The number of carbonyl (C=O) groups is 3. The third-order valence-electron chi connectivity index (χ3n) is 5.43. The molecular weight excluding hydrogens is 378 g/mol. The van der Waals surface area contributed by atoms with Crippen LogP contribution in [0.2, 0.25) is 5.02 Å². The maximum atomic E-state index is 13.0. The minimum atomic E-state index is -0.959. The molecule has 1 unspecified atom stereocenters. The van der Waals surface area contributed by atoms with Crippen molar-refractivity contribution in [2.24, 2.45) is 0 Å². The topological polar surface area (TPSA) is 78.5 Å². The van der Waals surface area contributed by atoms with E-state index in [1.54, 1.807) is 18.2 Å². The molecule has 7 heteroatoms. The number of anilines is 1. The summed E-state index contributed by atoms with van der Waals surface area (Å²) < 4.78 is 0. The lowest BCUT2D eigenvalue weighted by molar-refractivity contribution is -0.134. The molecule has 1 aliphatic heterocycles. The van der Waals surface area contributed by atoms with E-state index in [4.69, 9.17) is 11.6 Å². The molecule has 1 heterocycles. The van der Waals surface area contributed by atoms with Gasteiger partial charge in [0.2, 0.25) is 5.91 Å². The molecule has 0 bridgehead atoms. The number of fused-ring (bicyclic) bond motifs is 1. The van der Waals surface area contributed by atoms with E-state index >= 15 is 0 Å². The van der Waals surface area contributed by atoms with E-state index in [0.717, 1.165) is 16.0 Å². The van der Waals surface area contributed by atoms with Crippen LogP contribution in [0.1, 0.15) is 23.1 Å². The summed E-state index contributed by atoms with van der Waals surface area (Å²) in [5.41, 5.74) is 2.71. The summed E-state index contributed by atoms with van der Waals surface area (Å²) in [5, 5.41) is 6.05. The Bertz CT molecular complexity index is 991. The van der Waals surface area contributed by atoms with Crippen LogP contribution >= 0.6 is 11.6 Å². The number of urea groups is 1. The molecule has 2 N–H and O–H groups in total. The average Bonchev–Trinajstić information content (AvgIpc) is 2.88. The molecule has 1 spiro atoms. The first-order valence-electron chi connectivity index (χ1n) is 9.15. The fourth-order valence-corrected chi connectivity index (χ4v) is 4.04. The number of imide groups is 1.